The Morgan fingerprint density at radius 1 is 1.12 bits per heavy atom. The molecule has 0 bridgehead atoms. The Labute approximate surface area is 102 Å². The largest absolute Gasteiger partial charge is 0.454 e. The van der Waals surface area contributed by atoms with Gasteiger partial charge in [0.25, 0.3) is 0 Å². The first kappa shape index (κ1) is 10.9. The lowest BCUT2D eigenvalue weighted by Crippen LogP contribution is -2.27. The minimum Gasteiger partial charge on any atom is -0.454 e. The van der Waals surface area contributed by atoms with E-state index in [4.69, 9.17) is 9.47 Å². The Hall–Kier alpha value is -1.22. The smallest absolute Gasteiger partial charge is 0.231 e. The van der Waals surface area contributed by atoms with Crippen molar-refractivity contribution >= 4 is 0 Å². The van der Waals surface area contributed by atoms with Crippen molar-refractivity contribution in [3.63, 3.8) is 0 Å². The summed E-state index contributed by atoms with van der Waals surface area (Å²) in [6.45, 7) is 6.95. The van der Waals surface area contributed by atoms with Gasteiger partial charge in [-0.3, -0.25) is 0 Å². The minimum atomic E-state index is 0.366. The van der Waals surface area contributed by atoms with Gasteiger partial charge in [0, 0.05) is 0 Å². The van der Waals surface area contributed by atoms with E-state index in [1.807, 2.05) is 0 Å². The normalized spacial score (nSPS) is 19.6. The van der Waals surface area contributed by atoms with Crippen LogP contribution in [0.4, 0.5) is 0 Å². The van der Waals surface area contributed by atoms with Gasteiger partial charge >= 0.3 is 0 Å². The maximum Gasteiger partial charge on any atom is 0.231 e. The highest BCUT2D eigenvalue weighted by Gasteiger charge is 2.24. The summed E-state index contributed by atoms with van der Waals surface area (Å²) in [5.74, 6) is 2.55. The first-order chi connectivity index (χ1) is 8.27. The summed E-state index contributed by atoms with van der Waals surface area (Å²) in [5.41, 5.74) is 4.07. The van der Waals surface area contributed by atoms with Gasteiger partial charge in [-0.25, -0.2) is 0 Å². The third-order valence-electron chi connectivity index (χ3n) is 4.04. The summed E-state index contributed by atoms with van der Waals surface area (Å²) < 4.78 is 11.0. The van der Waals surface area contributed by atoms with E-state index in [0.717, 1.165) is 24.6 Å². The third-order valence-corrected chi connectivity index (χ3v) is 4.04. The molecule has 3 nitrogen and oxygen atoms in total. The van der Waals surface area contributed by atoms with Crippen LogP contribution in [0.1, 0.15) is 35.4 Å². The zero-order chi connectivity index (χ0) is 11.8. The molecule has 2 aliphatic heterocycles. The molecule has 0 radical (unpaired) electrons. The topological polar surface area (TPSA) is 30.5 Å². The van der Waals surface area contributed by atoms with Crippen LogP contribution in [0.15, 0.2) is 6.07 Å². The van der Waals surface area contributed by atoms with E-state index < -0.39 is 0 Å². The Bertz CT molecular complexity index is 436. The van der Waals surface area contributed by atoms with Crippen molar-refractivity contribution in [2.75, 3.05) is 19.9 Å². The van der Waals surface area contributed by atoms with E-state index in [-0.39, 0.29) is 0 Å². The van der Waals surface area contributed by atoms with Gasteiger partial charge < -0.3 is 14.8 Å². The van der Waals surface area contributed by atoms with E-state index in [9.17, 15) is 0 Å². The van der Waals surface area contributed by atoms with Crippen LogP contribution in [0, 0.1) is 13.8 Å². The zero-order valence-corrected chi connectivity index (χ0v) is 10.5. The van der Waals surface area contributed by atoms with Crippen LogP contribution in [-0.2, 0) is 0 Å². The van der Waals surface area contributed by atoms with Gasteiger partial charge in [-0.1, -0.05) is 0 Å². The molecule has 1 aromatic carbocycles. The molecule has 1 aromatic rings. The molecule has 0 atom stereocenters. The van der Waals surface area contributed by atoms with Crippen LogP contribution in [0.25, 0.3) is 0 Å². The van der Waals surface area contributed by atoms with E-state index in [2.05, 4.69) is 25.2 Å². The second-order valence-corrected chi connectivity index (χ2v) is 4.97. The molecule has 17 heavy (non-hydrogen) atoms. The fourth-order valence-electron chi connectivity index (χ4n) is 2.88. The van der Waals surface area contributed by atoms with Crippen LogP contribution in [0.5, 0.6) is 11.5 Å². The van der Waals surface area contributed by atoms with Crippen molar-refractivity contribution in [2.24, 2.45) is 0 Å². The molecule has 0 aliphatic carbocycles. The SMILES string of the molecule is Cc1c(C2CCNCC2)cc2c(c1C)OCO2. The lowest BCUT2D eigenvalue weighted by Gasteiger charge is -2.25. The number of fused-ring (bicyclic) bond motifs is 1. The van der Waals surface area contributed by atoms with Crippen molar-refractivity contribution in [1.29, 1.82) is 0 Å². The first-order valence-corrected chi connectivity index (χ1v) is 6.38. The Balaban J connectivity index is 2.01. The van der Waals surface area contributed by atoms with Crippen molar-refractivity contribution < 1.29 is 9.47 Å². The van der Waals surface area contributed by atoms with Crippen LogP contribution >= 0.6 is 0 Å². The molecule has 2 aliphatic rings. The van der Waals surface area contributed by atoms with Crippen molar-refractivity contribution in [3.05, 3.63) is 22.8 Å². The number of hydrogen-bond donors (Lipinski definition) is 1. The molecule has 1 N–H and O–H groups in total. The molecule has 92 valence electrons. The Morgan fingerprint density at radius 2 is 1.88 bits per heavy atom. The maximum absolute atomic E-state index is 5.53. The molecule has 0 spiro atoms. The lowest BCUT2D eigenvalue weighted by atomic mass is 9.85. The van der Waals surface area contributed by atoms with Gasteiger partial charge in [-0.2, -0.15) is 0 Å². The van der Waals surface area contributed by atoms with Gasteiger partial charge in [-0.05, 0) is 68.5 Å². The quantitative estimate of drug-likeness (QED) is 0.808. The Morgan fingerprint density at radius 3 is 2.65 bits per heavy atom. The van der Waals surface area contributed by atoms with Crippen LogP contribution in [-0.4, -0.2) is 19.9 Å². The van der Waals surface area contributed by atoms with Gasteiger partial charge in [0.05, 0.1) is 0 Å². The third kappa shape index (κ3) is 1.78. The molecular weight excluding hydrogens is 214 g/mol. The van der Waals surface area contributed by atoms with Gasteiger partial charge in [-0.15, -0.1) is 0 Å². The summed E-state index contributed by atoms with van der Waals surface area (Å²) in [4.78, 5) is 0. The second kappa shape index (κ2) is 4.22. The molecule has 2 heterocycles. The van der Waals surface area contributed by atoms with E-state index >= 15 is 0 Å². The molecule has 0 aromatic heterocycles. The predicted molar refractivity (Wildman–Crippen MR) is 66.9 cm³/mol. The lowest BCUT2D eigenvalue weighted by molar-refractivity contribution is 0.173. The number of hydrogen-bond acceptors (Lipinski definition) is 3. The van der Waals surface area contributed by atoms with E-state index in [0.29, 0.717) is 12.7 Å². The number of piperidine rings is 1. The summed E-state index contributed by atoms with van der Waals surface area (Å²) in [6.07, 6.45) is 2.44. The number of rotatable bonds is 1. The standard InChI is InChI=1S/C14H19NO2/c1-9-10(2)14-13(16-8-17-14)7-12(9)11-3-5-15-6-4-11/h7,11,15H,3-6,8H2,1-2H3. The molecule has 0 amide bonds. The summed E-state index contributed by atoms with van der Waals surface area (Å²) in [7, 11) is 0. The molecule has 0 saturated carbocycles. The van der Waals surface area contributed by atoms with Gasteiger partial charge in [0.15, 0.2) is 11.5 Å². The average Bonchev–Trinajstić information content (AvgIpc) is 2.83. The maximum atomic E-state index is 5.53. The average molecular weight is 233 g/mol. The molecule has 3 heteroatoms. The molecule has 0 unspecified atom stereocenters. The fourth-order valence-corrected chi connectivity index (χ4v) is 2.88. The van der Waals surface area contributed by atoms with Crippen LogP contribution in [0.3, 0.4) is 0 Å². The van der Waals surface area contributed by atoms with Crippen molar-refractivity contribution in [2.45, 2.75) is 32.6 Å². The molecule has 3 rings (SSSR count). The van der Waals surface area contributed by atoms with Crippen molar-refractivity contribution in [1.82, 2.24) is 5.32 Å². The second-order valence-electron chi connectivity index (χ2n) is 4.97. The number of benzene rings is 1. The number of nitrogens with one attached hydrogen (secondary N) is 1. The highest BCUT2D eigenvalue weighted by Crippen LogP contribution is 2.42. The monoisotopic (exact) mass is 233 g/mol. The highest BCUT2D eigenvalue weighted by atomic mass is 16.7. The molecular formula is C14H19NO2. The van der Waals surface area contributed by atoms with Gasteiger partial charge in [0.2, 0.25) is 6.79 Å². The summed E-state index contributed by atoms with van der Waals surface area (Å²) >= 11 is 0. The van der Waals surface area contributed by atoms with Gasteiger partial charge in [0.1, 0.15) is 0 Å². The summed E-state index contributed by atoms with van der Waals surface area (Å²) in [6, 6.07) is 2.20. The molecule has 1 saturated heterocycles. The highest BCUT2D eigenvalue weighted by molar-refractivity contribution is 5.55. The zero-order valence-electron chi connectivity index (χ0n) is 10.5. The first-order valence-electron chi connectivity index (χ1n) is 6.38. The van der Waals surface area contributed by atoms with Crippen molar-refractivity contribution in [3.8, 4) is 11.5 Å². The van der Waals surface area contributed by atoms with E-state index in [1.54, 1.807) is 0 Å². The van der Waals surface area contributed by atoms with Crippen LogP contribution in [0.2, 0.25) is 0 Å². The predicted octanol–water partition coefficient (Wildman–Crippen LogP) is 2.50. The molecule has 1 fully saturated rings. The minimum absolute atomic E-state index is 0.366. The Kier molecular flexibility index (Phi) is 2.71. The fraction of sp³-hybridized carbons (Fsp3) is 0.571. The number of ether oxygens (including phenoxy) is 2. The van der Waals surface area contributed by atoms with Crippen LogP contribution < -0.4 is 14.8 Å². The summed E-state index contributed by atoms with van der Waals surface area (Å²) in [5, 5.41) is 3.41. The van der Waals surface area contributed by atoms with E-state index in [1.165, 1.54) is 29.5 Å².